The Bertz CT molecular complexity index is 1140. The van der Waals surface area contributed by atoms with Crippen molar-refractivity contribution in [2.75, 3.05) is 7.11 Å². The number of halogens is 4. The largest absolute Gasteiger partial charge is 0.468 e. The van der Waals surface area contributed by atoms with Crippen LogP contribution < -0.4 is 4.80 Å². The smallest absolute Gasteiger partial charge is 0.325 e. The molecule has 1 heterocycles. The van der Waals surface area contributed by atoms with E-state index in [0.717, 1.165) is 22.0 Å². The van der Waals surface area contributed by atoms with E-state index in [1.807, 2.05) is 0 Å². The lowest BCUT2D eigenvalue weighted by atomic mass is 10.2. The molecule has 0 saturated heterocycles. The van der Waals surface area contributed by atoms with Crippen LogP contribution in [0.2, 0.25) is 10.0 Å². The van der Waals surface area contributed by atoms with Crippen molar-refractivity contribution in [3.63, 3.8) is 0 Å². The number of thiazole rings is 1. The van der Waals surface area contributed by atoms with Gasteiger partial charge in [-0.25, -0.2) is 8.78 Å². The summed E-state index contributed by atoms with van der Waals surface area (Å²) in [7, 11) is 1.17. The van der Waals surface area contributed by atoms with Crippen LogP contribution in [0.25, 0.3) is 10.2 Å². The van der Waals surface area contributed by atoms with Crippen molar-refractivity contribution in [3.8, 4) is 0 Å². The summed E-state index contributed by atoms with van der Waals surface area (Å²) in [6, 6.07) is 6.06. The van der Waals surface area contributed by atoms with Crippen molar-refractivity contribution in [1.29, 1.82) is 0 Å². The quantitative estimate of drug-likeness (QED) is 0.584. The highest BCUT2D eigenvalue weighted by Crippen LogP contribution is 2.24. The Labute approximate surface area is 165 Å². The molecular formula is C17H10Cl2F2N2O3S. The minimum atomic E-state index is -0.889. The van der Waals surface area contributed by atoms with Crippen molar-refractivity contribution in [2.45, 2.75) is 6.54 Å². The Morgan fingerprint density at radius 2 is 1.96 bits per heavy atom. The lowest BCUT2D eigenvalue weighted by molar-refractivity contribution is -0.141. The zero-order valence-corrected chi connectivity index (χ0v) is 16.0. The fourth-order valence-corrected chi connectivity index (χ4v) is 3.80. The third-order valence-corrected chi connectivity index (χ3v) is 5.16. The minimum Gasteiger partial charge on any atom is -0.468 e. The first-order valence-electron chi connectivity index (χ1n) is 7.39. The molecule has 27 heavy (non-hydrogen) atoms. The van der Waals surface area contributed by atoms with E-state index < -0.39 is 30.1 Å². The van der Waals surface area contributed by atoms with Crippen LogP contribution in [0.15, 0.2) is 35.3 Å². The topological polar surface area (TPSA) is 60.7 Å². The minimum absolute atomic E-state index is 0.0130. The molecule has 0 aliphatic carbocycles. The molecule has 0 radical (unpaired) electrons. The van der Waals surface area contributed by atoms with Gasteiger partial charge in [0.25, 0.3) is 5.91 Å². The number of hydrogen-bond acceptors (Lipinski definition) is 4. The first kappa shape index (κ1) is 19.5. The zero-order chi connectivity index (χ0) is 19.7. The van der Waals surface area contributed by atoms with Crippen LogP contribution >= 0.6 is 34.5 Å². The Hall–Kier alpha value is -2.29. The first-order valence-corrected chi connectivity index (χ1v) is 8.96. The maximum absolute atomic E-state index is 14.3. The predicted octanol–water partition coefficient (Wildman–Crippen LogP) is 4.20. The normalized spacial score (nSPS) is 11.8. The molecule has 0 aliphatic heterocycles. The molecule has 0 spiro atoms. The molecule has 1 aromatic heterocycles. The molecule has 5 nitrogen and oxygen atoms in total. The summed E-state index contributed by atoms with van der Waals surface area (Å²) in [5, 5.41) is 0.413. The molecule has 0 aliphatic rings. The summed E-state index contributed by atoms with van der Waals surface area (Å²) in [5.41, 5.74) is -0.0200. The molecule has 3 aromatic rings. The van der Waals surface area contributed by atoms with E-state index in [0.29, 0.717) is 6.07 Å². The number of methoxy groups -OCH3 is 1. The first-order chi connectivity index (χ1) is 12.8. The fraction of sp³-hybridized carbons (Fsp3) is 0.118. The number of carbonyl (C=O) groups excluding carboxylic acids is 2. The molecule has 2 aromatic carbocycles. The van der Waals surface area contributed by atoms with Crippen LogP contribution in [0.4, 0.5) is 8.78 Å². The van der Waals surface area contributed by atoms with Gasteiger partial charge >= 0.3 is 5.97 Å². The van der Waals surface area contributed by atoms with Gasteiger partial charge in [-0.1, -0.05) is 34.5 Å². The average Bonchev–Trinajstić information content (AvgIpc) is 2.93. The van der Waals surface area contributed by atoms with Gasteiger partial charge in [0.15, 0.2) is 10.6 Å². The zero-order valence-electron chi connectivity index (χ0n) is 13.6. The van der Waals surface area contributed by atoms with E-state index in [9.17, 15) is 18.4 Å². The van der Waals surface area contributed by atoms with E-state index in [2.05, 4.69) is 9.73 Å². The highest BCUT2D eigenvalue weighted by atomic mass is 35.5. The van der Waals surface area contributed by atoms with Gasteiger partial charge in [0.1, 0.15) is 12.4 Å². The molecule has 10 heteroatoms. The highest BCUT2D eigenvalue weighted by Gasteiger charge is 2.17. The Kier molecular flexibility index (Phi) is 5.59. The molecule has 0 bridgehead atoms. The van der Waals surface area contributed by atoms with Gasteiger partial charge in [0.2, 0.25) is 0 Å². The van der Waals surface area contributed by atoms with Crippen molar-refractivity contribution in [2.24, 2.45) is 4.99 Å². The Balaban J connectivity index is 2.23. The monoisotopic (exact) mass is 430 g/mol. The molecular weight excluding hydrogens is 421 g/mol. The van der Waals surface area contributed by atoms with Crippen molar-refractivity contribution in [1.82, 2.24) is 4.57 Å². The third-order valence-electron chi connectivity index (χ3n) is 3.57. The van der Waals surface area contributed by atoms with Gasteiger partial charge in [0.05, 0.1) is 27.9 Å². The number of carbonyl (C=O) groups is 2. The van der Waals surface area contributed by atoms with Gasteiger partial charge in [-0.2, -0.15) is 4.99 Å². The van der Waals surface area contributed by atoms with E-state index in [4.69, 9.17) is 23.2 Å². The molecule has 0 atom stereocenters. The van der Waals surface area contributed by atoms with Crippen LogP contribution in [-0.2, 0) is 16.1 Å². The molecule has 140 valence electrons. The highest BCUT2D eigenvalue weighted by molar-refractivity contribution is 7.16. The second kappa shape index (κ2) is 7.75. The van der Waals surface area contributed by atoms with E-state index in [-0.39, 0.29) is 30.6 Å². The van der Waals surface area contributed by atoms with Gasteiger partial charge in [-0.15, -0.1) is 0 Å². The lowest BCUT2D eigenvalue weighted by Crippen LogP contribution is -2.23. The van der Waals surface area contributed by atoms with Gasteiger partial charge in [-0.05, 0) is 24.3 Å². The number of ether oxygens (including phenoxy) is 1. The second-order valence-electron chi connectivity index (χ2n) is 5.32. The van der Waals surface area contributed by atoms with Crippen LogP contribution in [0.5, 0.6) is 0 Å². The van der Waals surface area contributed by atoms with Gasteiger partial charge in [0, 0.05) is 11.1 Å². The van der Waals surface area contributed by atoms with Crippen molar-refractivity contribution in [3.05, 3.63) is 62.4 Å². The SMILES string of the molecule is COC(=O)Cn1c(=NC(=O)c2cc(Cl)ccc2Cl)sc2cc(F)cc(F)c21. The fourth-order valence-electron chi connectivity index (χ4n) is 2.36. The Morgan fingerprint density at radius 3 is 2.67 bits per heavy atom. The number of amides is 1. The number of hydrogen-bond donors (Lipinski definition) is 0. The van der Waals surface area contributed by atoms with Crippen LogP contribution in [0.1, 0.15) is 10.4 Å². The standard InChI is InChI=1S/C17H10Cl2F2N2O3S/c1-26-14(24)7-23-15-12(21)5-9(20)6-13(15)27-17(23)22-16(25)10-4-8(18)2-3-11(10)19/h2-6H,7H2,1H3. The number of benzene rings is 2. The third kappa shape index (κ3) is 4.02. The molecule has 0 unspecified atom stereocenters. The molecule has 1 amide bonds. The number of aromatic nitrogens is 1. The van der Waals surface area contributed by atoms with Gasteiger partial charge < -0.3 is 9.30 Å². The van der Waals surface area contributed by atoms with Gasteiger partial charge in [-0.3, -0.25) is 9.59 Å². The predicted molar refractivity (Wildman–Crippen MR) is 98.1 cm³/mol. The number of nitrogens with zero attached hydrogens (tertiary/aromatic N) is 2. The maximum atomic E-state index is 14.3. The lowest BCUT2D eigenvalue weighted by Gasteiger charge is -2.05. The summed E-state index contributed by atoms with van der Waals surface area (Å²) >= 11 is 12.7. The van der Waals surface area contributed by atoms with Crippen LogP contribution in [0, 0.1) is 11.6 Å². The number of esters is 1. The van der Waals surface area contributed by atoms with Crippen LogP contribution in [-0.4, -0.2) is 23.6 Å². The van der Waals surface area contributed by atoms with Crippen molar-refractivity contribution < 1.29 is 23.1 Å². The summed E-state index contributed by atoms with van der Waals surface area (Å²) in [5.74, 6) is -3.11. The van der Waals surface area contributed by atoms with Crippen LogP contribution in [0.3, 0.4) is 0 Å². The molecule has 0 N–H and O–H groups in total. The molecule has 3 rings (SSSR count). The molecule has 0 saturated carbocycles. The summed E-state index contributed by atoms with van der Waals surface area (Å²) < 4.78 is 33.7. The number of fused-ring (bicyclic) bond motifs is 1. The summed E-state index contributed by atoms with van der Waals surface area (Å²) in [4.78, 5) is 28.1. The summed E-state index contributed by atoms with van der Waals surface area (Å²) in [6.07, 6.45) is 0. The number of rotatable bonds is 3. The maximum Gasteiger partial charge on any atom is 0.325 e. The van der Waals surface area contributed by atoms with E-state index in [1.54, 1.807) is 0 Å². The average molecular weight is 431 g/mol. The van der Waals surface area contributed by atoms with Crippen molar-refractivity contribution >= 4 is 56.6 Å². The summed E-state index contributed by atoms with van der Waals surface area (Å²) in [6.45, 7) is -0.408. The van der Waals surface area contributed by atoms with E-state index >= 15 is 0 Å². The Morgan fingerprint density at radius 1 is 1.22 bits per heavy atom. The molecule has 0 fully saturated rings. The van der Waals surface area contributed by atoms with E-state index in [1.165, 1.54) is 25.3 Å². The second-order valence-corrected chi connectivity index (χ2v) is 7.18.